The molecule has 0 saturated carbocycles. The molecular weight excluding hydrogens is 378 g/mol. The molecule has 158 valence electrons. The fourth-order valence-corrected chi connectivity index (χ4v) is 4.56. The van der Waals surface area contributed by atoms with Gasteiger partial charge < -0.3 is 19.9 Å². The molecule has 7 nitrogen and oxygen atoms in total. The molecule has 1 aromatic carbocycles. The van der Waals surface area contributed by atoms with Crippen LogP contribution in [-0.2, 0) is 9.53 Å². The van der Waals surface area contributed by atoms with Crippen LogP contribution < -0.4 is 10.2 Å². The topological polar surface area (TPSA) is 81.5 Å². The lowest BCUT2D eigenvalue weighted by molar-refractivity contribution is -0.138. The third kappa shape index (κ3) is 4.40. The summed E-state index contributed by atoms with van der Waals surface area (Å²) in [5, 5.41) is 13.6. The number of anilines is 1. The number of rotatable bonds is 3. The summed E-state index contributed by atoms with van der Waals surface area (Å²) in [6.07, 6.45) is 4.42. The average Bonchev–Trinajstić information content (AvgIpc) is 2.96. The monoisotopic (exact) mass is 407 g/mol. The molecule has 1 unspecified atom stereocenters. The van der Waals surface area contributed by atoms with E-state index in [0.29, 0.717) is 24.2 Å². The number of hydrogen-bond donors (Lipinski definition) is 1. The molecule has 0 aliphatic carbocycles. The van der Waals surface area contributed by atoms with Crippen molar-refractivity contribution < 1.29 is 9.53 Å². The van der Waals surface area contributed by atoms with Crippen LogP contribution in [0.5, 0.6) is 0 Å². The zero-order valence-corrected chi connectivity index (χ0v) is 17.7. The van der Waals surface area contributed by atoms with Crippen molar-refractivity contribution in [3.8, 4) is 6.07 Å². The summed E-state index contributed by atoms with van der Waals surface area (Å²) in [7, 11) is 2.11. The van der Waals surface area contributed by atoms with Crippen molar-refractivity contribution in [1.29, 1.82) is 5.26 Å². The predicted molar refractivity (Wildman–Crippen MR) is 116 cm³/mol. The summed E-state index contributed by atoms with van der Waals surface area (Å²) in [6, 6.07) is 10.0. The van der Waals surface area contributed by atoms with Gasteiger partial charge in [-0.3, -0.25) is 9.78 Å². The van der Waals surface area contributed by atoms with Crippen molar-refractivity contribution in [3.63, 3.8) is 0 Å². The second kappa shape index (κ2) is 8.99. The molecule has 2 fully saturated rings. The maximum Gasteiger partial charge on any atom is 0.251 e. The third-order valence-electron chi connectivity index (χ3n) is 5.98. The van der Waals surface area contributed by atoms with Crippen LogP contribution in [0.2, 0.25) is 0 Å². The van der Waals surface area contributed by atoms with Crippen LogP contribution in [0.25, 0.3) is 10.9 Å². The minimum absolute atomic E-state index is 0.0390. The molecule has 1 amide bonds. The first kappa shape index (κ1) is 20.6. The Hall–Kier alpha value is -2.69. The number of pyridine rings is 1. The van der Waals surface area contributed by atoms with Gasteiger partial charge in [0, 0.05) is 36.4 Å². The van der Waals surface area contributed by atoms with Crippen LogP contribution in [0.15, 0.2) is 30.5 Å². The number of benzene rings is 1. The molecule has 1 N–H and O–H groups in total. The van der Waals surface area contributed by atoms with Gasteiger partial charge in [0.15, 0.2) is 6.10 Å². The minimum atomic E-state index is -0.523. The molecule has 2 aliphatic rings. The average molecular weight is 408 g/mol. The van der Waals surface area contributed by atoms with Gasteiger partial charge in [0.25, 0.3) is 5.91 Å². The number of aromatic nitrogens is 1. The highest BCUT2D eigenvalue weighted by molar-refractivity contribution is 5.95. The summed E-state index contributed by atoms with van der Waals surface area (Å²) < 4.78 is 6.02. The number of morpholine rings is 1. The SMILES string of the molecule is C[C@@H]1CN(c2ccc(C#N)c3ncccc23)C[C@H](C(=O)NC2CCCCN(C)C2)O1. The molecule has 3 atom stereocenters. The van der Waals surface area contributed by atoms with E-state index in [1.807, 2.05) is 25.1 Å². The van der Waals surface area contributed by atoms with E-state index >= 15 is 0 Å². The van der Waals surface area contributed by atoms with E-state index in [2.05, 4.69) is 33.2 Å². The molecule has 2 aliphatic heterocycles. The first-order valence-electron chi connectivity index (χ1n) is 10.7. The van der Waals surface area contributed by atoms with Gasteiger partial charge >= 0.3 is 0 Å². The first-order valence-corrected chi connectivity index (χ1v) is 10.7. The van der Waals surface area contributed by atoms with E-state index in [4.69, 9.17) is 4.74 Å². The van der Waals surface area contributed by atoms with Crippen LogP contribution >= 0.6 is 0 Å². The summed E-state index contributed by atoms with van der Waals surface area (Å²) in [5.41, 5.74) is 2.24. The van der Waals surface area contributed by atoms with E-state index in [-0.39, 0.29) is 18.1 Å². The molecule has 30 heavy (non-hydrogen) atoms. The lowest BCUT2D eigenvalue weighted by Crippen LogP contribution is -2.55. The minimum Gasteiger partial charge on any atom is -0.365 e. The van der Waals surface area contributed by atoms with E-state index < -0.39 is 6.10 Å². The van der Waals surface area contributed by atoms with Crippen LogP contribution in [0.4, 0.5) is 5.69 Å². The number of hydrogen-bond acceptors (Lipinski definition) is 6. The van der Waals surface area contributed by atoms with Gasteiger partial charge in [-0.05, 0) is 57.6 Å². The van der Waals surface area contributed by atoms with Crippen molar-refractivity contribution in [2.75, 3.05) is 38.1 Å². The Morgan fingerprint density at radius 3 is 2.97 bits per heavy atom. The fraction of sp³-hybridized carbons (Fsp3) is 0.522. The molecule has 2 saturated heterocycles. The molecule has 0 spiro atoms. The van der Waals surface area contributed by atoms with E-state index in [1.54, 1.807) is 12.3 Å². The lowest BCUT2D eigenvalue weighted by Gasteiger charge is -2.38. The Bertz CT molecular complexity index is 956. The zero-order valence-electron chi connectivity index (χ0n) is 17.7. The Morgan fingerprint density at radius 1 is 1.27 bits per heavy atom. The number of nitrogens with zero attached hydrogens (tertiary/aromatic N) is 4. The van der Waals surface area contributed by atoms with Gasteiger partial charge in [0.1, 0.15) is 6.07 Å². The number of likely N-dealkylation sites (tertiary alicyclic amines) is 1. The number of nitriles is 1. The normalized spacial score (nSPS) is 25.5. The van der Waals surface area contributed by atoms with Crippen LogP contribution in [0.3, 0.4) is 0 Å². The Balaban J connectivity index is 1.53. The highest BCUT2D eigenvalue weighted by Crippen LogP contribution is 2.30. The molecule has 1 aromatic heterocycles. The van der Waals surface area contributed by atoms with Gasteiger partial charge in [0.05, 0.1) is 23.7 Å². The van der Waals surface area contributed by atoms with E-state index in [1.165, 1.54) is 6.42 Å². The Morgan fingerprint density at radius 2 is 2.13 bits per heavy atom. The standard InChI is InChI=1S/C23H29N5O2/c1-16-13-28(20-9-8-17(12-24)22-19(20)7-5-10-25-22)15-21(30-16)23(29)26-18-6-3-4-11-27(2)14-18/h5,7-10,16,18,21H,3-4,6,11,13-15H2,1-2H3,(H,26,29)/t16-,18?,21-/m1/s1. The molecular formula is C23H29N5O2. The number of fused-ring (bicyclic) bond motifs is 1. The lowest BCUT2D eigenvalue weighted by atomic mass is 10.1. The largest absolute Gasteiger partial charge is 0.365 e. The van der Waals surface area contributed by atoms with Crippen molar-refractivity contribution >= 4 is 22.5 Å². The van der Waals surface area contributed by atoms with Crippen LogP contribution in [-0.4, -0.2) is 67.3 Å². The summed E-state index contributed by atoms with van der Waals surface area (Å²) in [5.74, 6) is -0.0390. The Kier molecular flexibility index (Phi) is 6.16. The molecule has 3 heterocycles. The number of ether oxygens (including phenoxy) is 1. The molecule has 4 rings (SSSR count). The number of carbonyl (C=O) groups is 1. The highest BCUT2D eigenvalue weighted by atomic mass is 16.5. The smallest absolute Gasteiger partial charge is 0.251 e. The molecule has 0 radical (unpaired) electrons. The maximum absolute atomic E-state index is 13.0. The van der Waals surface area contributed by atoms with E-state index in [9.17, 15) is 10.1 Å². The predicted octanol–water partition coefficient (Wildman–Crippen LogP) is 2.30. The summed E-state index contributed by atoms with van der Waals surface area (Å²) >= 11 is 0. The van der Waals surface area contributed by atoms with Gasteiger partial charge in [-0.1, -0.05) is 6.42 Å². The zero-order chi connectivity index (χ0) is 21.1. The molecule has 2 aromatic rings. The third-order valence-corrected chi connectivity index (χ3v) is 5.98. The fourth-order valence-electron chi connectivity index (χ4n) is 4.56. The van der Waals surface area contributed by atoms with Crippen molar-refractivity contribution in [1.82, 2.24) is 15.2 Å². The van der Waals surface area contributed by atoms with Crippen molar-refractivity contribution in [2.24, 2.45) is 0 Å². The number of carbonyl (C=O) groups excluding carboxylic acids is 1. The van der Waals surface area contributed by atoms with Crippen LogP contribution in [0, 0.1) is 11.3 Å². The van der Waals surface area contributed by atoms with Gasteiger partial charge in [-0.2, -0.15) is 5.26 Å². The van der Waals surface area contributed by atoms with Crippen molar-refractivity contribution in [2.45, 2.75) is 44.4 Å². The second-order valence-corrected chi connectivity index (χ2v) is 8.45. The van der Waals surface area contributed by atoms with Gasteiger partial charge in [0.2, 0.25) is 0 Å². The Labute approximate surface area is 177 Å². The van der Waals surface area contributed by atoms with E-state index in [0.717, 1.165) is 37.0 Å². The summed E-state index contributed by atoms with van der Waals surface area (Å²) in [6.45, 7) is 5.12. The second-order valence-electron chi connectivity index (χ2n) is 8.45. The quantitative estimate of drug-likeness (QED) is 0.841. The molecule has 7 heteroatoms. The van der Waals surface area contributed by atoms with Gasteiger partial charge in [-0.25, -0.2) is 0 Å². The number of amides is 1. The van der Waals surface area contributed by atoms with Crippen LogP contribution in [0.1, 0.15) is 31.7 Å². The number of nitrogens with one attached hydrogen (secondary N) is 1. The number of likely N-dealkylation sites (N-methyl/N-ethyl adjacent to an activating group) is 1. The molecule has 0 bridgehead atoms. The first-order chi connectivity index (χ1) is 14.5. The van der Waals surface area contributed by atoms with Gasteiger partial charge in [-0.15, -0.1) is 0 Å². The van der Waals surface area contributed by atoms with Crippen molar-refractivity contribution in [3.05, 3.63) is 36.0 Å². The maximum atomic E-state index is 13.0. The summed E-state index contributed by atoms with van der Waals surface area (Å²) in [4.78, 5) is 21.9. The highest BCUT2D eigenvalue weighted by Gasteiger charge is 2.32.